The number of nitrogens with one attached hydrogen (secondary N) is 2. The molecule has 0 amide bonds. The van der Waals surface area contributed by atoms with Crippen molar-refractivity contribution >= 4 is 33.6 Å². The van der Waals surface area contributed by atoms with Gasteiger partial charge in [-0.05, 0) is 59.6 Å². The molecule has 1 fully saturated rings. The number of nitrogens with zero attached hydrogens (tertiary/aromatic N) is 5. The molecule has 2 N–H and O–H groups in total. The van der Waals surface area contributed by atoms with E-state index in [1.165, 1.54) is 0 Å². The predicted octanol–water partition coefficient (Wildman–Crippen LogP) is 6.11. The summed E-state index contributed by atoms with van der Waals surface area (Å²) in [6.07, 6.45) is 1.80. The van der Waals surface area contributed by atoms with E-state index in [4.69, 9.17) is 24.0 Å². The van der Waals surface area contributed by atoms with E-state index in [1.807, 2.05) is 37.6 Å². The monoisotopic (exact) mass is 515 g/mol. The van der Waals surface area contributed by atoms with E-state index in [1.54, 1.807) is 7.11 Å². The number of aryl methyl sites for hydroxylation is 3. The van der Waals surface area contributed by atoms with Crippen LogP contribution in [0.4, 0.5) is 11.6 Å². The first-order chi connectivity index (χ1) is 18.3. The number of rotatable bonds is 6. The van der Waals surface area contributed by atoms with Crippen molar-refractivity contribution in [3.8, 4) is 16.9 Å². The zero-order chi connectivity index (χ0) is 26.6. The van der Waals surface area contributed by atoms with Gasteiger partial charge in [0.25, 0.3) is 0 Å². The highest BCUT2D eigenvalue weighted by Crippen LogP contribution is 2.41. The number of aromatic amines is 1. The number of methoxy groups -OCH3 is 1. The van der Waals surface area contributed by atoms with Crippen molar-refractivity contribution in [1.29, 1.82) is 0 Å². The van der Waals surface area contributed by atoms with Gasteiger partial charge in [0, 0.05) is 47.7 Å². The maximum atomic E-state index is 5.86. The van der Waals surface area contributed by atoms with Crippen LogP contribution in [0.3, 0.4) is 0 Å². The number of benzene rings is 1. The highest BCUT2D eigenvalue weighted by atomic mass is 16.5. The smallest absolute Gasteiger partial charge is 0.145 e. The third kappa shape index (κ3) is 4.09. The Bertz CT molecular complexity index is 1620. The van der Waals surface area contributed by atoms with E-state index in [-0.39, 0.29) is 12.0 Å². The van der Waals surface area contributed by atoms with Gasteiger partial charge in [0.2, 0.25) is 0 Å². The maximum Gasteiger partial charge on any atom is 0.145 e. The zero-order valence-corrected chi connectivity index (χ0v) is 22.7. The summed E-state index contributed by atoms with van der Waals surface area (Å²) in [5.74, 6) is 4.18. The molecule has 4 aromatic heterocycles. The molecule has 10 heteroatoms. The summed E-state index contributed by atoms with van der Waals surface area (Å²) in [6.45, 7) is 11.5. The molecule has 1 aliphatic rings. The first-order valence-corrected chi connectivity index (χ1v) is 13.1. The topological polar surface area (TPSA) is 116 Å². The molecule has 1 saturated heterocycles. The van der Waals surface area contributed by atoms with Crippen molar-refractivity contribution in [1.82, 2.24) is 29.9 Å². The second kappa shape index (κ2) is 9.43. The van der Waals surface area contributed by atoms with Crippen LogP contribution in [0.5, 0.6) is 5.75 Å². The molecule has 0 unspecified atom stereocenters. The standard InChI is InChI=1S/C28H33N7O3/c1-14(2)35-23(11-15(3)33-35)30-28-25-19-13-22(36-6)20(24-16(4)34-38-17(24)5)12-21(19)29-27(25)31-26(32-28)18-7-9-37-10-8-18/h11-14,18H,7-10H2,1-6H3,(H2,29,30,31,32). The normalized spacial score (nSPS) is 14.7. The number of aromatic nitrogens is 6. The Hall–Kier alpha value is -3.92. The quantitative estimate of drug-likeness (QED) is 0.278. The van der Waals surface area contributed by atoms with Crippen LogP contribution in [-0.4, -0.2) is 50.2 Å². The minimum atomic E-state index is 0.194. The van der Waals surface area contributed by atoms with E-state index >= 15 is 0 Å². The van der Waals surface area contributed by atoms with Gasteiger partial charge in [-0.15, -0.1) is 0 Å². The van der Waals surface area contributed by atoms with Gasteiger partial charge in [0.05, 0.1) is 29.4 Å². The fourth-order valence-corrected chi connectivity index (χ4v) is 5.43. The third-order valence-electron chi connectivity index (χ3n) is 7.27. The zero-order valence-electron chi connectivity index (χ0n) is 22.7. The number of fused-ring (bicyclic) bond motifs is 3. The van der Waals surface area contributed by atoms with Gasteiger partial charge >= 0.3 is 0 Å². The Labute approximate surface area is 220 Å². The molecule has 5 heterocycles. The van der Waals surface area contributed by atoms with Crippen LogP contribution in [-0.2, 0) is 4.74 Å². The van der Waals surface area contributed by atoms with Crippen LogP contribution in [0.25, 0.3) is 33.1 Å². The largest absolute Gasteiger partial charge is 0.496 e. The maximum absolute atomic E-state index is 5.86. The number of H-pyrrole nitrogens is 1. The van der Waals surface area contributed by atoms with Crippen molar-refractivity contribution in [2.75, 3.05) is 25.6 Å². The molecular weight excluding hydrogens is 482 g/mol. The van der Waals surface area contributed by atoms with Gasteiger partial charge in [0.1, 0.15) is 34.6 Å². The Morgan fingerprint density at radius 2 is 1.89 bits per heavy atom. The summed E-state index contributed by atoms with van der Waals surface area (Å²) >= 11 is 0. The molecule has 0 saturated carbocycles. The summed E-state index contributed by atoms with van der Waals surface area (Å²) in [7, 11) is 1.68. The first kappa shape index (κ1) is 24.4. The SMILES string of the molecule is COc1cc2c(cc1-c1c(C)noc1C)[nH]c1nc(C3CCOCC3)nc(Nc3cc(C)nn3C(C)C)c12. The van der Waals surface area contributed by atoms with Crippen LogP contribution in [0, 0.1) is 20.8 Å². The summed E-state index contributed by atoms with van der Waals surface area (Å²) in [5.41, 5.74) is 5.34. The van der Waals surface area contributed by atoms with E-state index in [9.17, 15) is 0 Å². The van der Waals surface area contributed by atoms with E-state index in [2.05, 4.69) is 40.5 Å². The van der Waals surface area contributed by atoms with Crippen LogP contribution in [0.15, 0.2) is 22.7 Å². The van der Waals surface area contributed by atoms with Gasteiger partial charge in [-0.25, -0.2) is 14.6 Å². The van der Waals surface area contributed by atoms with E-state index in [0.29, 0.717) is 0 Å². The van der Waals surface area contributed by atoms with Crippen LogP contribution in [0.1, 0.15) is 61.6 Å². The Balaban J connectivity index is 1.58. The van der Waals surface area contributed by atoms with Crippen molar-refractivity contribution in [2.24, 2.45) is 0 Å². The lowest BCUT2D eigenvalue weighted by atomic mass is 9.99. The number of anilines is 2. The molecule has 0 bridgehead atoms. The van der Waals surface area contributed by atoms with Crippen molar-refractivity contribution in [3.63, 3.8) is 0 Å². The van der Waals surface area contributed by atoms with Crippen LogP contribution in [0.2, 0.25) is 0 Å². The first-order valence-electron chi connectivity index (χ1n) is 13.1. The number of ether oxygens (including phenoxy) is 2. The molecule has 38 heavy (non-hydrogen) atoms. The van der Waals surface area contributed by atoms with Gasteiger partial charge in [-0.3, -0.25) is 0 Å². The Kier molecular flexibility index (Phi) is 6.06. The fraction of sp³-hybridized carbons (Fsp3) is 0.429. The second-order valence-corrected chi connectivity index (χ2v) is 10.3. The summed E-state index contributed by atoms with van der Waals surface area (Å²) in [5, 5.41) is 14.3. The third-order valence-corrected chi connectivity index (χ3v) is 7.27. The Morgan fingerprint density at radius 1 is 1.11 bits per heavy atom. The summed E-state index contributed by atoms with van der Waals surface area (Å²) in [6, 6.07) is 6.37. The predicted molar refractivity (Wildman–Crippen MR) is 146 cm³/mol. The van der Waals surface area contributed by atoms with Crippen molar-refractivity contribution < 1.29 is 14.0 Å². The molecule has 6 rings (SSSR count). The average Bonchev–Trinajstić information content (AvgIpc) is 3.57. The molecule has 1 aliphatic heterocycles. The van der Waals surface area contributed by atoms with Crippen molar-refractivity contribution in [2.45, 2.75) is 59.4 Å². The summed E-state index contributed by atoms with van der Waals surface area (Å²) in [4.78, 5) is 13.7. The molecule has 0 atom stereocenters. The van der Waals surface area contributed by atoms with Crippen LogP contribution < -0.4 is 10.1 Å². The fourth-order valence-electron chi connectivity index (χ4n) is 5.43. The molecule has 10 nitrogen and oxygen atoms in total. The number of hydrogen-bond donors (Lipinski definition) is 2. The highest BCUT2D eigenvalue weighted by molar-refractivity contribution is 6.13. The minimum absolute atomic E-state index is 0.194. The molecule has 5 aromatic rings. The molecule has 1 aromatic carbocycles. The van der Waals surface area contributed by atoms with Crippen LogP contribution >= 0.6 is 0 Å². The van der Waals surface area contributed by atoms with E-state index < -0.39 is 0 Å². The lowest BCUT2D eigenvalue weighted by Crippen LogP contribution is -2.17. The lowest BCUT2D eigenvalue weighted by molar-refractivity contribution is 0.0837. The van der Waals surface area contributed by atoms with E-state index in [0.717, 1.165) is 99.5 Å². The van der Waals surface area contributed by atoms with Crippen molar-refractivity contribution in [3.05, 3.63) is 41.2 Å². The van der Waals surface area contributed by atoms with Gasteiger partial charge in [0.15, 0.2) is 0 Å². The average molecular weight is 516 g/mol. The minimum Gasteiger partial charge on any atom is -0.496 e. The molecule has 198 valence electrons. The Morgan fingerprint density at radius 3 is 2.58 bits per heavy atom. The molecular formula is C28H33N7O3. The molecule has 0 radical (unpaired) electrons. The highest BCUT2D eigenvalue weighted by Gasteiger charge is 2.25. The lowest BCUT2D eigenvalue weighted by Gasteiger charge is -2.21. The molecule has 0 spiro atoms. The van der Waals surface area contributed by atoms with Gasteiger partial charge in [-0.2, -0.15) is 5.10 Å². The molecule has 0 aliphatic carbocycles. The second-order valence-electron chi connectivity index (χ2n) is 10.3. The summed E-state index contributed by atoms with van der Waals surface area (Å²) < 4.78 is 18.9. The van der Waals surface area contributed by atoms with Gasteiger partial charge in [-0.1, -0.05) is 5.16 Å². The van der Waals surface area contributed by atoms with Gasteiger partial charge < -0.3 is 24.3 Å². The number of hydrogen-bond acceptors (Lipinski definition) is 8.